The molecular weight excluding hydrogens is 457 g/mol. The summed E-state index contributed by atoms with van der Waals surface area (Å²) in [5, 5.41) is 4.46. The highest BCUT2D eigenvalue weighted by molar-refractivity contribution is 7.19. The van der Waals surface area contributed by atoms with Crippen molar-refractivity contribution in [2.45, 2.75) is 19.6 Å². The highest BCUT2D eigenvalue weighted by Crippen LogP contribution is 2.29. The standard InChI is InChI=1S/C22H21ClFN3O4S/c1-14(28)17-3-2-15(10-18(17)24)31-13-16-11-26(8-9-30-16)22(29)12-27-7-6-19(25-27)20-4-5-21(23)32-20/h2-7,10,16H,8-9,11-13H2,1H3. The zero-order chi connectivity index (χ0) is 22.7. The summed E-state index contributed by atoms with van der Waals surface area (Å²) in [4.78, 5) is 26.7. The lowest BCUT2D eigenvalue weighted by Gasteiger charge is -2.32. The third-order valence-electron chi connectivity index (χ3n) is 5.01. The summed E-state index contributed by atoms with van der Waals surface area (Å²) in [6.45, 7) is 2.81. The molecule has 1 atom stereocenters. The van der Waals surface area contributed by atoms with E-state index >= 15 is 0 Å². The van der Waals surface area contributed by atoms with Crippen molar-refractivity contribution in [3.8, 4) is 16.3 Å². The van der Waals surface area contributed by atoms with Gasteiger partial charge < -0.3 is 14.4 Å². The Morgan fingerprint density at radius 3 is 2.88 bits per heavy atom. The maximum absolute atomic E-state index is 14.0. The van der Waals surface area contributed by atoms with Gasteiger partial charge in [-0.3, -0.25) is 14.3 Å². The number of ketones is 1. The van der Waals surface area contributed by atoms with Crippen LogP contribution in [0.1, 0.15) is 17.3 Å². The number of carbonyl (C=O) groups excluding carboxylic acids is 2. The fourth-order valence-electron chi connectivity index (χ4n) is 3.38. The number of benzene rings is 1. The van der Waals surface area contributed by atoms with Gasteiger partial charge in [0.2, 0.25) is 5.91 Å². The van der Waals surface area contributed by atoms with E-state index in [2.05, 4.69) is 5.10 Å². The minimum atomic E-state index is -0.625. The second kappa shape index (κ2) is 9.81. The first-order chi connectivity index (χ1) is 15.4. The average molecular weight is 478 g/mol. The maximum atomic E-state index is 14.0. The van der Waals surface area contributed by atoms with Crippen molar-refractivity contribution in [1.29, 1.82) is 0 Å². The van der Waals surface area contributed by atoms with Crippen LogP contribution in [0.4, 0.5) is 4.39 Å². The van der Waals surface area contributed by atoms with Crippen molar-refractivity contribution in [3.63, 3.8) is 0 Å². The maximum Gasteiger partial charge on any atom is 0.244 e. The fourth-order valence-corrected chi connectivity index (χ4v) is 4.39. The second-order valence-electron chi connectivity index (χ2n) is 7.34. The van der Waals surface area contributed by atoms with Gasteiger partial charge in [-0.05, 0) is 37.3 Å². The first-order valence-electron chi connectivity index (χ1n) is 10.0. The number of Topliss-reactive ketones (excluding diaryl/α,β-unsaturated/α-hetero) is 1. The molecule has 1 unspecified atom stereocenters. The smallest absolute Gasteiger partial charge is 0.244 e. The van der Waals surface area contributed by atoms with Crippen molar-refractivity contribution >= 4 is 34.6 Å². The number of morpholine rings is 1. The van der Waals surface area contributed by atoms with Crippen LogP contribution in [0.25, 0.3) is 10.6 Å². The molecule has 0 radical (unpaired) electrons. The SMILES string of the molecule is CC(=O)c1ccc(OCC2CN(C(=O)Cn3ccc(-c4ccc(Cl)s4)n3)CCO2)cc1F. The summed E-state index contributed by atoms with van der Waals surface area (Å²) in [5.41, 5.74) is 0.790. The highest BCUT2D eigenvalue weighted by Gasteiger charge is 2.25. The van der Waals surface area contributed by atoms with Crippen LogP contribution < -0.4 is 4.74 Å². The van der Waals surface area contributed by atoms with E-state index in [1.165, 1.54) is 30.4 Å². The summed E-state index contributed by atoms with van der Waals surface area (Å²) >= 11 is 7.41. The van der Waals surface area contributed by atoms with Gasteiger partial charge in [0.1, 0.15) is 36.5 Å². The lowest BCUT2D eigenvalue weighted by atomic mass is 10.1. The molecule has 3 heterocycles. The zero-order valence-corrected chi connectivity index (χ0v) is 18.9. The van der Waals surface area contributed by atoms with Crippen LogP contribution >= 0.6 is 22.9 Å². The molecule has 1 saturated heterocycles. The van der Waals surface area contributed by atoms with E-state index in [1.807, 2.05) is 18.2 Å². The van der Waals surface area contributed by atoms with E-state index < -0.39 is 5.82 Å². The number of hydrogen-bond donors (Lipinski definition) is 0. The molecule has 1 amide bonds. The van der Waals surface area contributed by atoms with Gasteiger partial charge in [0.05, 0.1) is 27.9 Å². The molecule has 1 aliphatic heterocycles. The van der Waals surface area contributed by atoms with Crippen LogP contribution in [0.15, 0.2) is 42.6 Å². The van der Waals surface area contributed by atoms with Crippen molar-refractivity contribution < 1.29 is 23.5 Å². The minimum absolute atomic E-state index is 0.0204. The summed E-state index contributed by atoms with van der Waals surface area (Å²) in [6.07, 6.45) is 1.42. The number of carbonyl (C=O) groups is 2. The molecule has 0 bridgehead atoms. The van der Waals surface area contributed by atoms with Crippen LogP contribution in [0.5, 0.6) is 5.75 Å². The monoisotopic (exact) mass is 477 g/mol. The predicted octanol–water partition coefficient (Wildman–Crippen LogP) is 3.91. The largest absolute Gasteiger partial charge is 0.491 e. The van der Waals surface area contributed by atoms with E-state index in [9.17, 15) is 14.0 Å². The topological polar surface area (TPSA) is 73.7 Å². The number of thiophene rings is 1. The van der Waals surface area contributed by atoms with E-state index in [0.717, 1.165) is 10.6 Å². The Bertz CT molecular complexity index is 1130. The molecule has 2 aromatic heterocycles. The van der Waals surface area contributed by atoms with Gasteiger partial charge in [-0.15, -0.1) is 11.3 Å². The van der Waals surface area contributed by atoms with Crippen molar-refractivity contribution in [3.05, 3.63) is 58.3 Å². The normalized spacial score (nSPS) is 16.2. The van der Waals surface area contributed by atoms with Gasteiger partial charge in [0.15, 0.2) is 5.78 Å². The van der Waals surface area contributed by atoms with Gasteiger partial charge in [-0.1, -0.05) is 11.6 Å². The Labute approximate surface area is 193 Å². The molecule has 0 spiro atoms. The first kappa shape index (κ1) is 22.4. The molecule has 7 nitrogen and oxygen atoms in total. The summed E-state index contributed by atoms with van der Waals surface area (Å²) in [7, 11) is 0. The van der Waals surface area contributed by atoms with E-state index in [1.54, 1.807) is 21.8 Å². The Morgan fingerprint density at radius 1 is 1.31 bits per heavy atom. The Morgan fingerprint density at radius 2 is 2.16 bits per heavy atom. The lowest BCUT2D eigenvalue weighted by Crippen LogP contribution is -2.48. The van der Waals surface area contributed by atoms with Crippen molar-refractivity contribution in [2.75, 3.05) is 26.3 Å². The number of halogens is 2. The van der Waals surface area contributed by atoms with Crippen LogP contribution in [0.2, 0.25) is 4.34 Å². The second-order valence-corrected chi connectivity index (χ2v) is 9.06. The van der Waals surface area contributed by atoms with E-state index in [-0.39, 0.29) is 36.5 Å². The third-order valence-corrected chi connectivity index (χ3v) is 6.26. The van der Waals surface area contributed by atoms with E-state index in [0.29, 0.717) is 29.8 Å². The summed E-state index contributed by atoms with van der Waals surface area (Å²) in [6, 6.07) is 9.68. The molecule has 3 aromatic rings. The van der Waals surface area contributed by atoms with Crippen molar-refractivity contribution in [1.82, 2.24) is 14.7 Å². The van der Waals surface area contributed by atoms with Crippen LogP contribution in [0, 0.1) is 5.82 Å². The molecule has 4 rings (SSSR count). The molecule has 1 aromatic carbocycles. The highest BCUT2D eigenvalue weighted by atomic mass is 35.5. The fraction of sp³-hybridized carbons (Fsp3) is 0.318. The lowest BCUT2D eigenvalue weighted by molar-refractivity contribution is -0.140. The number of ether oxygens (including phenoxy) is 2. The Kier molecular flexibility index (Phi) is 6.88. The van der Waals surface area contributed by atoms with Gasteiger partial charge in [-0.25, -0.2) is 4.39 Å². The van der Waals surface area contributed by atoms with Gasteiger partial charge in [0.25, 0.3) is 0 Å². The number of aromatic nitrogens is 2. The molecule has 1 fully saturated rings. The zero-order valence-electron chi connectivity index (χ0n) is 17.3. The average Bonchev–Trinajstić information content (AvgIpc) is 3.41. The Hall–Kier alpha value is -2.75. The number of rotatable bonds is 7. The number of amides is 1. The third kappa shape index (κ3) is 5.35. The molecule has 0 aliphatic carbocycles. The van der Waals surface area contributed by atoms with Crippen LogP contribution in [-0.4, -0.2) is 58.8 Å². The predicted molar refractivity (Wildman–Crippen MR) is 119 cm³/mol. The first-order valence-corrected chi connectivity index (χ1v) is 11.2. The van der Waals surface area contributed by atoms with E-state index in [4.69, 9.17) is 21.1 Å². The Balaban J connectivity index is 1.31. The molecule has 1 aliphatic rings. The molecule has 168 valence electrons. The van der Waals surface area contributed by atoms with Gasteiger partial charge in [-0.2, -0.15) is 5.10 Å². The molecule has 32 heavy (non-hydrogen) atoms. The van der Waals surface area contributed by atoms with Crippen LogP contribution in [-0.2, 0) is 16.1 Å². The summed E-state index contributed by atoms with van der Waals surface area (Å²) in [5.74, 6) is -0.742. The van der Waals surface area contributed by atoms with Gasteiger partial charge >= 0.3 is 0 Å². The van der Waals surface area contributed by atoms with Crippen molar-refractivity contribution in [2.24, 2.45) is 0 Å². The molecule has 10 heteroatoms. The number of hydrogen-bond acceptors (Lipinski definition) is 6. The number of nitrogens with zero attached hydrogens (tertiary/aromatic N) is 3. The minimum Gasteiger partial charge on any atom is -0.491 e. The summed E-state index contributed by atoms with van der Waals surface area (Å²) < 4.78 is 27.5. The van der Waals surface area contributed by atoms with Crippen LogP contribution in [0.3, 0.4) is 0 Å². The molecule has 0 N–H and O–H groups in total. The molecular formula is C22H21ClFN3O4S. The quantitative estimate of drug-likeness (QED) is 0.482. The van der Waals surface area contributed by atoms with Gasteiger partial charge in [0, 0.05) is 18.8 Å². The molecule has 0 saturated carbocycles.